The van der Waals surface area contributed by atoms with Crippen LogP contribution in [-0.4, -0.2) is 0 Å². The standard InChI is InChI=1S/C42H41/c1-31-36(28-32-16-6-2-7-17-32)25-15-27-42(31)40(34-20-10-4-11-21-34)30-39-37(29-33-18-8-3-9-19-33)24-14-26-38(39)41(42)35-22-12-5-13-23-35/h2-13,16-23,28-29,40-41H,14-15,24-27,30H2,1H3/q+1/b37-29+. The lowest BCUT2D eigenvalue weighted by atomic mass is 9.47. The molecule has 4 aromatic carbocycles. The Morgan fingerprint density at radius 2 is 1.29 bits per heavy atom. The second-order valence-electron chi connectivity index (χ2n) is 12.5. The fourth-order valence-electron chi connectivity index (χ4n) is 8.58. The van der Waals surface area contributed by atoms with Crippen molar-refractivity contribution in [2.75, 3.05) is 0 Å². The topological polar surface area (TPSA) is 0 Å². The highest BCUT2D eigenvalue weighted by molar-refractivity contribution is 5.63. The molecule has 0 radical (unpaired) electrons. The Morgan fingerprint density at radius 3 is 1.98 bits per heavy atom. The summed E-state index contributed by atoms with van der Waals surface area (Å²) in [5.74, 6) is 0.811. The third-order valence-corrected chi connectivity index (χ3v) is 10.4. The van der Waals surface area contributed by atoms with Crippen molar-refractivity contribution in [1.82, 2.24) is 0 Å². The van der Waals surface area contributed by atoms with E-state index in [1.165, 1.54) is 54.4 Å². The van der Waals surface area contributed by atoms with Gasteiger partial charge in [-0.2, -0.15) is 0 Å². The van der Waals surface area contributed by atoms with Crippen LogP contribution in [0.2, 0.25) is 0 Å². The molecule has 4 aromatic rings. The van der Waals surface area contributed by atoms with Gasteiger partial charge in [0.05, 0.1) is 5.56 Å². The van der Waals surface area contributed by atoms with Gasteiger partial charge in [-0.1, -0.05) is 103 Å². The summed E-state index contributed by atoms with van der Waals surface area (Å²) in [4.78, 5) is 0. The van der Waals surface area contributed by atoms with Crippen molar-refractivity contribution >= 4 is 6.08 Å². The van der Waals surface area contributed by atoms with E-state index in [1.54, 1.807) is 27.9 Å². The van der Waals surface area contributed by atoms with Crippen LogP contribution in [0.15, 0.2) is 149 Å². The average molecular weight is 546 g/mol. The minimum Gasteiger partial charge on any atom is -0.0622 e. The highest BCUT2D eigenvalue weighted by atomic mass is 14.6. The van der Waals surface area contributed by atoms with E-state index in [0.29, 0.717) is 11.8 Å². The lowest BCUT2D eigenvalue weighted by molar-refractivity contribution is 0.181. The third kappa shape index (κ3) is 4.88. The molecule has 3 atom stereocenters. The van der Waals surface area contributed by atoms with Crippen molar-refractivity contribution < 1.29 is 0 Å². The summed E-state index contributed by atoms with van der Waals surface area (Å²) in [6.45, 7) is 2.49. The molecule has 0 bridgehead atoms. The van der Waals surface area contributed by atoms with Crippen LogP contribution in [0.1, 0.15) is 86.0 Å². The molecule has 1 spiro atoms. The molecular formula is C42H41+. The summed E-state index contributed by atoms with van der Waals surface area (Å²) in [5.41, 5.74) is 13.8. The van der Waals surface area contributed by atoms with E-state index < -0.39 is 0 Å². The van der Waals surface area contributed by atoms with E-state index in [0.717, 1.165) is 12.8 Å². The molecule has 0 heteroatoms. The summed E-state index contributed by atoms with van der Waals surface area (Å²) in [5, 5.41) is 0. The predicted molar refractivity (Wildman–Crippen MR) is 177 cm³/mol. The first-order chi connectivity index (χ1) is 20.7. The maximum Gasteiger partial charge on any atom is 0.0954 e. The van der Waals surface area contributed by atoms with Crippen molar-refractivity contribution in [2.24, 2.45) is 5.41 Å². The van der Waals surface area contributed by atoms with Crippen LogP contribution in [0.3, 0.4) is 0 Å². The van der Waals surface area contributed by atoms with E-state index >= 15 is 0 Å². The molecule has 3 aliphatic rings. The molecule has 0 saturated carbocycles. The zero-order chi connectivity index (χ0) is 28.4. The van der Waals surface area contributed by atoms with Gasteiger partial charge < -0.3 is 0 Å². The Morgan fingerprint density at radius 1 is 0.667 bits per heavy atom. The quantitative estimate of drug-likeness (QED) is 0.219. The van der Waals surface area contributed by atoms with Gasteiger partial charge in [0.1, 0.15) is 0 Å². The lowest BCUT2D eigenvalue weighted by Crippen LogP contribution is -2.44. The Bertz CT molecular complexity index is 1600. The van der Waals surface area contributed by atoms with Gasteiger partial charge in [0, 0.05) is 47.0 Å². The van der Waals surface area contributed by atoms with Crippen LogP contribution < -0.4 is 0 Å². The van der Waals surface area contributed by atoms with Gasteiger partial charge in [0.2, 0.25) is 0 Å². The Hall–Kier alpha value is -4.03. The van der Waals surface area contributed by atoms with Crippen molar-refractivity contribution in [2.45, 2.75) is 63.7 Å². The van der Waals surface area contributed by atoms with Crippen LogP contribution in [0.5, 0.6) is 0 Å². The Kier molecular flexibility index (Phi) is 7.47. The summed E-state index contributed by atoms with van der Waals surface area (Å²) in [6, 6.07) is 45.0. The molecule has 3 aliphatic carbocycles. The van der Waals surface area contributed by atoms with E-state index in [2.05, 4.69) is 141 Å². The Balaban J connectivity index is 1.47. The molecule has 0 saturated heterocycles. The molecular weight excluding hydrogens is 504 g/mol. The van der Waals surface area contributed by atoms with Gasteiger partial charge in [-0.05, 0) is 97.9 Å². The molecule has 42 heavy (non-hydrogen) atoms. The van der Waals surface area contributed by atoms with E-state index in [9.17, 15) is 0 Å². The normalized spacial score (nSPS) is 25.0. The van der Waals surface area contributed by atoms with E-state index in [-0.39, 0.29) is 5.41 Å². The smallest absolute Gasteiger partial charge is 0.0622 e. The Labute approximate surface area is 252 Å². The summed E-state index contributed by atoms with van der Waals surface area (Å²) in [6.07, 6.45) is 13.4. The molecule has 0 amide bonds. The predicted octanol–water partition coefficient (Wildman–Crippen LogP) is 11.3. The second kappa shape index (κ2) is 11.7. The fraction of sp³-hybridized carbons (Fsp3) is 0.262. The molecule has 208 valence electrons. The fourth-order valence-corrected chi connectivity index (χ4v) is 8.58. The molecule has 0 N–H and O–H groups in total. The SMILES string of the molecule is CC1=C([CH+]c2ccccc2)CCCC12C(c1ccccc1)CC1=C(CCC/C1=C\c1ccccc1)C2c1ccccc1. The van der Waals surface area contributed by atoms with Crippen LogP contribution in [0.4, 0.5) is 0 Å². The van der Waals surface area contributed by atoms with Gasteiger partial charge in [-0.15, -0.1) is 0 Å². The van der Waals surface area contributed by atoms with Gasteiger partial charge in [0.25, 0.3) is 0 Å². The summed E-state index contributed by atoms with van der Waals surface area (Å²) < 4.78 is 0. The van der Waals surface area contributed by atoms with E-state index in [4.69, 9.17) is 0 Å². The first kappa shape index (κ1) is 26.8. The monoisotopic (exact) mass is 545 g/mol. The number of hydrogen-bond donors (Lipinski definition) is 0. The molecule has 0 heterocycles. The van der Waals surface area contributed by atoms with Gasteiger partial charge in [-0.25, -0.2) is 0 Å². The zero-order valence-electron chi connectivity index (χ0n) is 24.8. The zero-order valence-corrected chi connectivity index (χ0v) is 24.8. The van der Waals surface area contributed by atoms with Crippen LogP contribution in [0, 0.1) is 11.8 Å². The molecule has 0 fully saturated rings. The third-order valence-electron chi connectivity index (χ3n) is 10.4. The first-order valence-corrected chi connectivity index (χ1v) is 15.9. The largest absolute Gasteiger partial charge is 0.0954 e. The van der Waals surface area contributed by atoms with Gasteiger partial charge >= 0.3 is 0 Å². The maximum absolute atomic E-state index is 2.49. The lowest BCUT2D eigenvalue weighted by Gasteiger charge is -2.54. The maximum atomic E-state index is 2.49. The first-order valence-electron chi connectivity index (χ1n) is 15.9. The van der Waals surface area contributed by atoms with Gasteiger partial charge in [0.15, 0.2) is 0 Å². The van der Waals surface area contributed by atoms with Crippen LogP contribution in [-0.2, 0) is 0 Å². The summed E-state index contributed by atoms with van der Waals surface area (Å²) in [7, 11) is 0. The number of benzene rings is 4. The van der Waals surface area contributed by atoms with Crippen molar-refractivity contribution in [3.63, 3.8) is 0 Å². The number of allylic oxidation sites excluding steroid dienone is 5. The number of rotatable bonds is 5. The minimum absolute atomic E-state index is 0.0512. The molecule has 0 nitrogen and oxygen atoms in total. The highest BCUT2D eigenvalue weighted by Gasteiger charge is 2.56. The minimum atomic E-state index is 0.0512. The van der Waals surface area contributed by atoms with Gasteiger partial charge in [-0.3, -0.25) is 0 Å². The number of hydrogen-bond acceptors (Lipinski definition) is 0. The van der Waals surface area contributed by atoms with E-state index in [1.807, 2.05) is 0 Å². The molecule has 3 unspecified atom stereocenters. The second-order valence-corrected chi connectivity index (χ2v) is 12.5. The van der Waals surface area contributed by atoms with Crippen molar-refractivity contribution in [3.05, 3.63) is 178 Å². The molecule has 0 aliphatic heterocycles. The van der Waals surface area contributed by atoms with Crippen LogP contribution >= 0.6 is 0 Å². The highest BCUT2D eigenvalue weighted by Crippen LogP contribution is 2.67. The van der Waals surface area contributed by atoms with Crippen molar-refractivity contribution in [3.8, 4) is 0 Å². The molecule has 0 aromatic heterocycles. The average Bonchev–Trinajstić information content (AvgIpc) is 3.05. The van der Waals surface area contributed by atoms with Crippen LogP contribution in [0.25, 0.3) is 6.08 Å². The molecule has 7 rings (SSSR count). The summed E-state index contributed by atoms with van der Waals surface area (Å²) >= 11 is 0. The van der Waals surface area contributed by atoms with Crippen molar-refractivity contribution in [1.29, 1.82) is 0 Å².